The highest BCUT2D eigenvalue weighted by atomic mass is 35.5. The summed E-state index contributed by atoms with van der Waals surface area (Å²) >= 11 is 5.89. The molecule has 0 spiro atoms. The Balaban J connectivity index is 1.82. The number of esters is 1. The number of carbonyl (C=O) groups is 1. The van der Waals surface area contributed by atoms with Gasteiger partial charge in [-0.3, -0.25) is 9.36 Å². The molecule has 0 aliphatic carbocycles. The Morgan fingerprint density at radius 1 is 1.05 bits per heavy atom. The Kier molecular flexibility index (Phi) is 8.87. The molecule has 0 saturated carbocycles. The molecule has 1 N–H and O–H groups in total. The van der Waals surface area contributed by atoms with Crippen LogP contribution in [0.4, 0.5) is 26.3 Å². The molecule has 4 aromatic rings. The first kappa shape index (κ1) is 31.6. The number of aliphatic hydroxyl groups excluding tert-OH is 1. The predicted octanol–water partition coefficient (Wildman–Crippen LogP) is 4.44. The van der Waals surface area contributed by atoms with Crippen molar-refractivity contribution >= 4 is 17.6 Å². The van der Waals surface area contributed by atoms with Gasteiger partial charge in [0.15, 0.2) is 35.4 Å². The molecular weight excluding hydrogens is 614 g/mol. The molecule has 230 valence electrons. The lowest BCUT2D eigenvalue weighted by atomic mass is 10.2. The molecule has 2 atom stereocenters. The van der Waals surface area contributed by atoms with Crippen LogP contribution in [0.2, 0.25) is 5.02 Å². The molecule has 0 saturated heterocycles. The van der Waals surface area contributed by atoms with E-state index in [0.717, 1.165) is 17.7 Å². The number of nitrogens with zero attached hydrogens (tertiary/aromatic N) is 6. The first-order valence-corrected chi connectivity index (χ1v) is 12.6. The lowest BCUT2D eigenvalue weighted by molar-refractivity contribution is -0.274. The molecule has 0 radical (unpaired) electrons. The molecule has 2 aromatic carbocycles. The average Bonchev–Trinajstić information content (AvgIpc) is 3.45. The highest BCUT2D eigenvalue weighted by Crippen LogP contribution is 2.31. The van der Waals surface area contributed by atoms with Crippen molar-refractivity contribution in [3.8, 4) is 22.8 Å². The normalized spacial score (nSPS) is 13.5. The van der Waals surface area contributed by atoms with Crippen molar-refractivity contribution in [3.63, 3.8) is 0 Å². The second-order valence-corrected chi connectivity index (χ2v) is 9.44. The van der Waals surface area contributed by atoms with Crippen molar-refractivity contribution in [2.24, 2.45) is 0 Å². The summed E-state index contributed by atoms with van der Waals surface area (Å²) in [7, 11) is 0. The molecule has 43 heavy (non-hydrogen) atoms. The lowest BCUT2D eigenvalue weighted by Crippen LogP contribution is -2.37. The lowest BCUT2D eigenvalue weighted by Gasteiger charge is -2.16. The quantitative estimate of drug-likeness (QED) is 0.212. The second-order valence-electron chi connectivity index (χ2n) is 9.00. The second kappa shape index (κ2) is 12.1. The Morgan fingerprint density at radius 2 is 1.70 bits per heavy atom. The van der Waals surface area contributed by atoms with Gasteiger partial charge in [-0.1, -0.05) is 23.7 Å². The summed E-state index contributed by atoms with van der Waals surface area (Å²) in [5, 5.41) is 18.3. The van der Waals surface area contributed by atoms with E-state index in [1.165, 1.54) is 49.4 Å². The number of hydrogen-bond acceptors (Lipinski definition) is 8. The summed E-state index contributed by atoms with van der Waals surface area (Å²) in [6.07, 6.45) is -14.2. The molecular formula is C25H21ClF6N6O5. The number of halogens is 7. The maximum absolute atomic E-state index is 13.2. The maximum Gasteiger partial charge on any atom is 0.573 e. The smallest absolute Gasteiger partial charge is 0.455 e. The van der Waals surface area contributed by atoms with Crippen LogP contribution in [0.3, 0.4) is 0 Å². The van der Waals surface area contributed by atoms with Gasteiger partial charge < -0.3 is 14.6 Å². The van der Waals surface area contributed by atoms with Crippen molar-refractivity contribution in [3.05, 3.63) is 75.7 Å². The molecule has 2 aromatic heterocycles. The van der Waals surface area contributed by atoms with Gasteiger partial charge in [-0.25, -0.2) is 19.1 Å². The third-order valence-corrected chi connectivity index (χ3v) is 6.00. The van der Waals surface area contributed by atoms with Crippen molar-refractivity contribution in [2.45, 2.75) is 51.7 Å². The average molecular weight is 635 g/mol. The van der Waals surface area contributed by atoms with E-state index >= 15 is 0 Å². The van der Waals surface area contributed by atoms with Crippen molar-refractivity contribution in [1.82, 2.24) is 29.1 Å². The zero-order valence-electron chi connectivity index (χ0n) is 22.1. The van der Waals surface area contributed by atoms with E-state index in [-0.39, 0.29) is 28.7 Å². The molecule has 0 fully saturated rings. The summed E-state index contributed by atoms with van der Waals surface area (Å²) in [6.45, 7) is 0.693. The molecule has 0 amide bonds. The van der Waals surface area contributed by atoms with E-state index in [0.29, 0.717) is 14.3 Å². The van der Waals surface area contributed by atoms with Gasteiger partial charge in [-0.15, -0.1) is 23.4 Å². The van der Waals surface area contributed by atoms with Crippen LogP contribution in [0.25, 0.3) is 17.1 Å². The zero-order chi connectivity index (χ0) is 31.7. The van der Waals surface area contributed by atoms with Gasteiger partial charge in [0.2, 0.25) is 0 Å². The molecule has 0 aliphatic rings. The molecule has 0 aliphatic heterocycles. The third kappa shape index (κ3) is 7.53. The van der Waals surface area contributed by atoms with Crippen molar-refractivity contribution < 1.29 is 45.7 Å². The number of ether oxygens (including phenoxy) is 2. The van der Waals surface area contributed by atoms with Crippen LogP contribution in [-0.2, 0) is 22.6 Å². The van der Waals surface area contributed by atoms with Crippen molar-refractivity contribution in [2.75, 3.05) is 0 Å². The minimum Gasteiger partial charge on any atom is -0.455 e. The van der Waals surface area contributed by atoms with Crippen LogP contribution in [0, 0.1) is 0 Å². The monoisotopic (exact) mass is 634 g/mol. The predicted molar refractivity (Wildman–Crippen MR) is 136 cm³/mol. The molecule has 4 rings (SSSR count). The Hall–Kier alpha value is -4.38. The van der Waals surface area contributed by atoms with Gasteiger partial charge in [-0.2, -0.15) is 13.2 Å². The summed E-state index contributed by atoms with van der Waals surface area (Å²) in [6, 6.07) is 10.5. The molecule has 0 bridgehead atoms. The fourth-order valence-electron chi connectivity index (χ4n) is 3.95. The zero-order valence-corrected chi connectivity index (χ0v) is 22.9. The summed E-state index contributed by atoms with van der Waals surface area (Å²) < 4.78 is 90.2. The number of alkyl halides is 6. The first-order valence-electron chi connectivity index (χ1n) is 12.2. The van der Waals surface area contributed by atoms with E-state index in [1.807, 2.05) is 0 Å². The van der Waals surface area contributed by atoms with Crippen LogP contribution in [0.15, 0.2) is 53.3 Å². The van der Waals surface area contributed by atoms with Crippen LogP contribution in [-0.4, -0.2) is 58.8 Å². The highest BCUT2D eigenvalue weighted by molar-refractivity contribution is 6.30. The third-order valence-electron chi connectivity index (χ3n) is 5.75. The van der Waals surface area contributed by atoms with E-state index in [2.05, 4.69) is 19.9 Å². The highest BCUT2D eigenvalue weighted by Gasteiger charge is 2.39. The standard InChI is InChI=1S/C25H21ClF6N6O5/c1-13(42-14(2)39)21-33-20(34-38(21)17-5-3-4-6-18(17)43-25(30,31)32)12-37-23(41)36(11-19(40)24(27,28)29)22(35-37)15-7-9-16(26)10-8-15/h3-10,13,19,40H,11-12H2,1-2H3/t13-,19-/m0/s1. The molecule has 18 heteroatoms. The fraction of sp³-hybridized carbons (Fsp3) is 0.320. The van der Waals surface area contributed by atoms with Crippen LogP contribution >= 0.6 is 11.6 Å². The SMILES string of the molecule is CC(=O)O[C@@H](C)c1nc(Cn2nc(-c3ccc(Cl)cc3)n(C[C@H](O)C(F)(F)F)c2=O)nn1-c1ccccc1OC(F)(F)F. The fourth-order valence-corrected chi connectivity index (χ4v) is 4.08. The van der Waals surface area contributed by atoms with Crippen LogP contribution < -0.4 is 10.4 Å². The van der Waals surface area contributed by atoms with Gasteiger partial charge in [-0.05, 0) is 43.3 Å². The number of rotatable bonds is 9. The topological polar surface area (TPSA) is 126 Å². The number of carbonyl (C=O) groups excluding carboxylic acids is 1. The van der Waals surface area contributed by atoms with Gasteiger partial charge in [0.25, 0.3) is 0 Å². The summed E-state index contributed by atoms with van der Waals surface area (Å²) in [5.41, 5.74) is -1.14. The van der Waals surface area contributed by atoms with Crippen LogP contribution in [0.5, 0.6) is 5.75 Å². The number of hydrogen-bond donors (Lipinski definition) is 1. The van der Waals surface area contributed by atoms with E-state index < -0.39 is 55.2 Å². The molecule has 0 unspecified atom stereocenters. The molecule has 2 heterocycles. The Bertz CT molecular complexity index is 1660. The maximum atomic E-state index is 13.2. The van der Waals surface area contributed by atoms with E-state index in [9.17, 15) is 41.0 Å². The Labute approximate surface area is 242 Å². The Morgan fingerprint density at radius 3 is 2.30 bits per heavy atom. The van der Waals surface area contributed by atoms with Crippen LogP contribution in [0.1, 0.15) is 31.6 Å². The summed E-state index contributed by atoms with van der Waals surface area (Å²) in [5.74, 6) is -2.06. The first-order chi connectivity index (χ1) is 20.0. The minimum atomic E-state index is -5.07. The number of aliphatic hydroxyl groups is 1. The largest absolute Gasteiger partial charge is 0.573 e. The number of benzene rings is 2. The summed E-state index contributed by atoms with van der Waals surface area (Å²) in [4.78, 5) is 29.1. The van der Waals surface area contributed by atoms with Gasteiger partial charge in [0, 0.05) is 17.5 Å². The van der Waals surface area contributed by atoms with E-state index in [1.54, 1.807) is 0 Å². The van der Waals surface area contributed by atoms with Crippen molar-refractivity contribution in [1.29, 1.82) is 0 Å². The number of aromatic nitrogens is 6. The molecule has 11 nitrogen and oxygen atoms in total. The number of para-hydroxylation sites is 2. The van der Waals surface area contributed by atoms with Gasteiger partial charge in [0.1, 0.15) is 12.2 Å². The van der Waals surface area contributed by atoms with E-state index in [4.69, 9.17) is 16.3 Å². The minimum absolute atomic E-state index is 0.165. The van der Waals surface area contributed by atoms with Gasteiger partial charge >= 0.3 is 24.2 Å². The van der Waals surface area contributed by atoms with Gasteiger partial charge in [0.05, 0.1) is 6.54 Å².